The number of nitrogens with one attached hydrogen (secondary N) is 1. The van der Waals surface area contributed by atoms with Crippen molar-refractivity contribution in [2.45, 2.75) is 32.6 Å². The molecule has 0 atom stereocenters. The molecule has 90 valence electrons. The van der Waals surface area contributed by atoms with E-state index in [1.807, 2.05) is 4.90 Å². The van der Waals surface area contributed by atoms with Gasteiger partial charge in [-0.2, -0.15) is 0 Å². The molecule has 2 rings (SSSR count). The second-order valence-electron chi connectivity index (χ2n) is 5.05. The average molecular weight is 222 g/mol. The summed E-state index contributed by atoms with van der Waals surface area (Å²) in [7, 11) is 0. The van der Waals surface area contributed by atoms with Crippen LogP contribution in [0.25, 0.3) is 0 Å². The summed E-state index contributed by atoms with van der Waals surface area (Å²) in [5.41, 5.74) is 1.34. The van der Waals surface area contributed by atoms with Crippen LogP contribution in [0.1, 0.15) is 32.6 Å². The third-order valence-electron chi connectivity index (χ3n) is 3.61. The van der Waals surface area contributed by atoms with Crippen molar-refractivity contribution < 1.29 is 4.79 Å². The standard InChI is InChI=1S/C13H22N2O/c1-11-3-2-8-15(10-11)13(16)9-12-4-6-14-7-5-12/h3,12,14H,2,4-10H2,1H3. The number of carbonyl (C=O) groups is 1. The fourth-order valence-corrected chi connectivity index (χ4v) is 2.59. The Morgan fingerprint density at radius 3 is 2.94 bits per heavy atom. The van der Waals surface area contributed by atoms with Crippen molar-refractivity contribution in [1.82, 2.24) is 10.2 Å². The molecule has 1 N–H and O–H groups in total. The first-order chi connectivity index (χ1) is 7.75. The van der Waals surface area contributed by atoms with Gasteiger partial charge in [0, 0.05) is 19.5 Å². The van der Waals surface area contributed by atoms with Crippen LogP contribution >= 0.6 is 0 Å². The Labute approximate surface area is 97.9 Å². The number of amides is 1. The molecule has 1 saturated heterocycles. The van der Waals surface area contributed by atoms with E-state index in [1.165, 1.54) is 5.57 Å². The Bertz CT molecular complexity index is 280. The van der Waals surface area contributed by atoms with Gasteiger partial charge in [-0.05, 0) is 45.2 Å². The summed E-state index contributed by atoms with van der Waals surface area (Å²) in [5.74, 6) is 0.972. The highest BCUT2D eigenvalue weighted by molar-refractivity contribution is 5.77. The van der Waals surface area contributed by atoms with E-state index in [0.717, 1.165) is 51.9 Å². The summed E-state index contributed by atoms with van der Waals surface area (Å²) in [6.45, 7) is 6.04. The third-order valence-corrected chi connectivity index (χ3v) is 3.61. The molecule has 2 aliphatic rings. The zero-order valence-electron chi connectivity index (χ0n) is 10.2. The second kappa shape index (κ2) is 5.48. The summed E-state index contributed by atoms with van der Waals surface area (Å²) in [5, 5.41) is 3.34. The molecular weight excluding hydrogens is 200 g/mol. The fraction of sp³-hybridized carbons (Fsp3) is 0.769. The van der Waals surface area contributed by atoms with Crippen LogP contribution in [0.3, 0.4) is 0 Å². The second-order valence-corrected chi connectivity index (χ2v) is 5.05. The van der Waals surface area contributed by atoms with Gasteiger partial charge in [-0.15, -0.1) is 0 Å². The molecule has 0 aromatic carbocycles. The van der Waals surface area contributed by atoms with Gasteiger partial charge in [-0.1, -0.05) is 11.6 Å². The van der Waals surface area contributed by atoms with E-state index in [9.17, 15) is 4.79 Å². The summed E-state index contributed by atoms with van der Waals surface area (Å²) in [6.07, 6.45) is 6.36. The predicted octanol–water partition coefficient (Wildman–Crippen LogP) is 1.55. The lowest BCUT2D eigenvalue weighted by Gasteiger charge is -2.29. The SMILES string of the molecule is CC1=CCCN(C(=O)CC2CCNCC2)C1. The molecule has 0 aromatic heterocycles. The first kappa shape index (κ1) is 11.6. The van der Waals surface area contributed by atoms with E-state index < -0.39 is 0 Å². The quantitative estimate of drug-likeness (QED) is 0.719. The zero-order chi connectivity index (χ0) is 11.4. The van der Waals surface area contributed by atoms with Crippen molar-refractivity contribution in [3.8, 4) is 0 Å². The summed E-state index contributed by atoms with van der Waals surface area (Å²) >= 11 is 0. The minimum absolute atomic E-state index is 0.361. The highest BCUT2D eigenvalue weighted by atomic mass is 16.2. The maximum atomic E-state index is 12.1. The van der Waals surface area contributed by atoms with Crippen LogP contribution in [-0.2, 0) is 4.79 Å². The molecule has 0 unspecified atom stereocenters. The minimum atomic E-state index is 0.361. The Kier molecular flexibility index (Phi) is 3.99. The van der Waals surface area contributed by atoms with Crippen molar-refractivity contribution in [3.05, 3.63) is 11.6 Å². The normalized spacial score (nSPS) is 23.1. The molecule has 16 heavy (non-hydrogen) atoms. The van der Waals surface area contributed by atoms with Crippen molar-refractivity contribution in [3.63, 3.8) is 0 Å². The lowest BCUT2D eigenvalue weighted by Crippen LogP contribution is -2.38. The van der Waals surface area contributed by atoms with Crippen LogP contribution in [0.4, 0.5) is 0 Å². The van der Waals surface area contributed by atoms with E-state index in [2.05, 4.69) is 18.3 Å². The van der Waals surface area contributed by atoms with Gasteiger partial charge in [-0.3, -0.25) is 4.79 Å². The van der Waals surface area contributed by atoms with Gasteiger partial charge in [0.1, 0.15) is 0 Å². The number of hydrogen-bond acceptors (Lipinski definition) is 2. The molecule has 2 heterocycles. The Hall–Kier alpha value is -0.830. The van der Waals surface area contributed by atoms with Crippen LogP contribution in [0.5, 0.6) is 0 Å². The number of piperidine rings is 1. The Morgan fingerprint density at radius 2 is 2.25 bits per heavy atom. The number of carbonyl (C=O) groups excluding carboxylic acids is 1. The maximum absolute atomic E-state index is 12.1. The largest absolute Gasteiger partial charge is 0.338 e. The summed E-state index contributed by atoms with van der Waals surface area (Å²) < 4.78 is 0. The predicted molar refractivity (Wildman–Crippen MR) is 65.2 cm³/mol. The van der Waals surface area contributed by atoms with Gasteiger partial charge < -0.3 is 10.2 Å². The smallest absolute Gasteiger partial charge is 0.223 e. The zero-order valence-corrected chi connectivity index (χ0v) is 10.2. The van der Waals surface area contributed by atoms with Crippen LogP contribution in [0, 0.1) is 5.92 Å². The fourth-order valence-electron chi connectivity index (χ4n) is 2.59. The maximum Gasteiger partial charge on any atom is 0.223 e. The van der Waals surface area contributed by atoms with Gasteiger partial charge >= 0.3 is 0 Å². The topological polar surface area (TPSA) is 32.3 Å². The highest BCUT2D eigenvalue weighted by Gasteiger charge is 2.21. The van der Waals surface area contributed by atoms with Crippen LogP contribution < -0.4 is 5.32 Å². The lowest BCUT2D eigenvalue weighted by molar-refractivity contribution is -0.132. The third kappa shape index (κ3) is 3.08. The first-order valence-electron chi connectivity index (χ1n) is 6.40. The van der Waals surface area contributed by atoms with Crippen molar-refractivity contribution >= 4 is 5.91 Å². The number of hydrogen-bond donors (Lipinski definition) is 1. The Balaban J connectivity index is 1.80. The molecule has 3 heteroatoms. The van der Waals surface area contributed by atoms with Gasteiger partial charge in [0.25, 0.3) is 0 Å². The molecule has 2 aliphatic heterocycles. The van der Waals surface area contributed by atoms with Gasteiger partial charge in [0.2, 0.25) is 5.91 Å². The average Bonchev–Trinajstić information content (AvgIpc) is 2.30. The van der Waals surface area contributed by atoms with Crippen LogP contribution in [0.2, 0.25) is 0 Å². The number of rotatable bonds is 2. The molecule has 0 aliphatic carbocycles. The van der Waals surface area contributed by atoms with Crippen molar-refractivity contribution in [2.24, 2.45) is 5.92 Å². The van der Waals surface area contributed by atoms with Gasteiger partial charge in [0.15, 0.2) is 0 Å². The Morgan fingerprint density at radius 1 is 1.50 bits per heavy atom. The molecule has 0 spiro atoms. The number of nitrogens with zero attached hydrogens (tertiary/aromatic N) is 1. The molecule has 0 aromatic rings. The molecule has 3 nitrogen and oxygen atoms in total. The van der Waals surface area contributed by atoms with E-state index >= 15 is 0 Å². The molecule has 1 fully saturated rings. The summed E-state index contributed by atoms with van der Waals surface area (Å²) in [4.78, 5) is 14.1. The van der Waals surface area contributed by atoms with Gasteiger partial charge in [0.05, 0.1) is 0 Å². The van der Waals surface area contributed by atoms with E-state index in [-0.39, 0.29) is 0 Å². The molecular formula is C13H22N2O. The molecule has 0 bridgehead atoms. The molecule has 0 radical (unpaired) electrons. The van der Waals surface area contributed by atoms with Crippen LogP contribution in [-0.4, -0.2) is 37.0 Å². The lowest BCUT2D eigenvalue weighted by atomic mass is 9.94. The van der Waals surface area contributed by atoms with E-state index in [0.29, 0.717) is 11.8 Å². The monoisotopic (exact) mass is 222 g/mol. The molecule has 0 saturated carbocycles. The van der Waals surface area contributed by atoms with Crippen molar-refractivity contribution in [2.75, 3.05) is 26.2 Å². The van der Waals surface area contributed by atoms with E-state index in [1.54, 1.807) is 0 Å². The van der Waals surface area contributed by atoms with Crippen molar-refractivity contribution in [1.29, 1.82) is 0 Å². The molecule has 1 amide bonds. The minimum Gasteiger partial charge on any atom is -0.338 e. The summed E-state index contributed by atoms with van der Waals surface area (Å²) in [6, 6.07) is 0. The highest BCUT2D eigenvalue weighted by Crippen LogP contribution is 2.19. The van der Waals surface area contributed by atoms with Crippen LogP contribution in [0.15, 0.2) is 11.6 Å². The van der Waals surface area contributed by atoms with E-state index in [4.69, 9.17) is 0 Å². The first-order valence-corrected chi connectivity index (χ1v) is 6.40. The van der Waals surface area contributed by atoms with Gasteiger partial charge in [-0.25, -0.2) is 0 Å².